The summed E-state index contributed by atoms with van der Waals surface area (Å²) < 4.78 is 10.7. The van der Waals surface area contributed by atoms with Crippen molar-refractivity contribution in [2.24, 2.45) is 0 Å². The summed E-state index contributed by atoms with van der Waals surface area (Å²) in [7, 11) is 1.44. The molecule has 3 N–H and O–H groups in total. The third-order valence-corrected chi connectivity index (χ3v) is 4.26. The van der Waals surface area contributed by atoms with Crippen LogP contribution in [-0.4, -0.2) is 28.5 Å². The number of aliphatic hydroxyl groups is 2. The van der Waals surface area contributed by atoms with E-state index in [0.717, 1.165) is 0 Å². The first-order chi connectivity index (χ1) is 10.4. The molecule has 2 aromatic rings. The lowest BCUT2D eigenvalue weighted by Crippen LogP contribution is -2.34. The highest BCUT2D eigenvalue weighted by Crippen LogP contribution is 2.38. The van der Waals surface area contributed by atoms with E-state index in [1.807, 2.05) is 0 Å². The predicted octanol–water partition coefficient (Wildman–Crippen LogP) is 1.63. The molecule has 0 aliphatic heterocycles. The molecule has 0 bridgehead atoms. The van der Waals surface area contributed by atoms with Crippen molar-refractivity contribution in [3.8, 4) is 11.5 Å². The largest absolute Gasteiger partial charge is 0.507 e. The van der Waals surface area contributed by atoms with Gasteiger partial charge in [-0.05, 0) is 25.7 Å². The normalized spacial score (nSPS) is 25.3. The van der Waals surface area contributed by atoms with Gasteiger partial charge in [0.25, 0.3) is 0 Å². The van der Waals surface area contributed by atoms with Crippen molar-refractivity contribution in [3.05, 3.63) is 34.2 Å². The quantitative estimate of drug-likeness (QED) is 0.779. The second-order valence-corrected chi connectivity index (χ2v) is 5.76. The number of rotatable bonds is 2. The average molecular weight is 306 g/mol. The number of phenols is 1. The summed E-state index contributed by atoms with van der Waals surface area (Å²) in [6.45, 7) is 0. The minimum atomic E-state index is -1.27. The maximum atomic E-state index is 12.2. The van der Waals surface area contributed by atoms with Gasteiger partial charge in [0.1, 0.15) is 33.8 Å². The van der Waals surface area contributed by atoms with Crippen molar-refractivity contribution >= 4 is 11.0 Å². The summed E-state index contributed by atoms with van der Waals surface area (Å²) in [6.07, 6.45) is 1.09. The van der Waals surface area contributed by atoms with Gasteiger partial charge in [0.15, 0.2) is 5.43 Å². The Kier molecular flexibility index (Phi) is 3.58. The second-order valence-electron chi connectivity index (χ2n) is 5.76. The number of aromatic hydroxyl groups is 1. The molecule has 6 nitrogen and oxygen atoms in total. The zero-order valence-corrected chi connectivity index (χ0v) is 12.2. The fourth-order valence-electron chi connectivity index (χ4n) is 2.92. The highest BCUT2D eigenvalue weighted by molar-refractivity contribution is 5.84. The molecule has 1 aliphatic rings. The Morgan fingerprint density at radius 3 is 2.59 bits per heavy atom. The first kappa shape index (κ1) is 14.9. The lowest BCUT2D eigenvalue weighted by atomic mass is 9.81. The van der Waals surface area contributed by atoms with Crippen LogP contribution in [0.5, 0.6) is 11.5 Å². The highest BCUT2D eigenvalue weighted by Gasteiger charge is 2.37. The lowest BCUT2D eigenvalue weighted by molar-refractivity contribution is -0.0504. The Balaban J connectivity index is 2.14. The number of benzene rings is 1. The molecule has 118 valence electrons. The van der Waals surface area contributed by atoms with Gasteiger partial charge in [0.2, 0.25) is 0 Å². The summed E-state index contributed by atoms with van der Waals surface area (Å²) >= 11 is 0. The van der Waals surface area contributed by atoms with Gasteiger partial charge in [-0.2, -0.15) is 0 Å². The smallest absolute Gasteiger partial charge is 0.196 e. The average Bonchev–Trinajstić information content (AvgIpc) is 2.49. The van der Waals surface area contributed by atoms with Crippen LogP contribution in [0.15, 0.2) is 27.4 Å². The van der Waals surface area contributed by atoms with Crippen molar-refractivity contribution in [2.75, 3.05) is 7.11 Å². The molecule has 1 heterocycles. The van der Waals surface area contributed by atoms with Crippen LogP contribution >= 0.6 is 0 Å². The van der Waals surface area contributed by atoms with Crippen LogP contribution in [0.4, 0.5) is 0 Å². The minimum Gasteiger partial charge on any atom is -0.507 e. The lowest BCUT2D eigenvalue weighted by Gasteiger charge is -2.33. The molecular weight excluding hydrogens is 288 g/mol. The van der Waals surface area contributed by atoms with Gasteiger partial charge >= 0.3 is 0 Å². The van der Waals surface area contributed by atoms with Crippen LogP contribution in [0.1, 0.15) is 31.4 Å². The Bertz CT molecular complexity index is 755. The van der Waals surface area contributed by atoms with Crippen molar-refractivity contribution in [1.82, 2.24) is 0 Å². The first-order valence-electron chi connectivity index (χ1n) is 7.19. The molecule has 3 rings (SSSR count). The molecule has 1 fully saturated rings. The zero-order valence-electron chi connectivity index (χ0n) is 12.2. The molecule has 1 aliphatic carbocycles. The van der Waals surface area contributed by atoms with Gasteiger partial charge in [-0.1, -0.05) is 0 Å². The molecule has 6 heteroatoms. The Morgan fingerprint density at radius 1 is 1.27 bits per heavy atom. The van der Waals surface area contributed by atoms with E-state index >= 15 is 0 Å². The van der Waals surface area contributed by atoms with Crippen LogP contribution in [-0.2, 0) is 5.60 Å². The molecule has 1 saturated carbocycles. The summed E-state index contributed by atoms with van der Waals surface area (Å²) in [5.41, 5.74) is -1.53. The van der Waals surface area contributed by atoms with Gasteiger partial charge in [0.05, 0.1) is 13.2 Å². The van der Waals surface area contributed by atoms with Crippen LogP contribution in [0.3, 0.4) is 0 Å². The van der Waals surface area contributed by atoms with E-state index in [4.69, 9.17) is 9.15 Å². The molecule has 0 radical (unpaired) electrons. The maximum absolute atomic E-state index is 12.2. The SMILES string of the molecule is COc1cc(O)c2c(=O)cc(C3(O)CCC(O)CC3)oc2c1. The fourth-order valence-corrected chi connectivity index (χ4v) is 2.92. The molecule has 0 saturated heterocycles. The van der Waals surface area contributed by atoms with E-state index in [1.54, 1.807) is 0 Å². The topological polar surface area (TPSA) is 100 Å². The van der Waals surface area contributed by atoms with Crippen molar-refractivity contribution in [2.45, 2.75) is 37.4 Å². The van der Waals surface area contributed by atoms with E-state index in [1.165, 1.54) is 25.3 Å². The van der Waals surface area contributed by atoms with Crippen LogP contribution in [0.2, 0.25) is 0 Å². The number of aliphatic hydroxyl groups excluding tert-OH is 1. The van der Waals surface area contributed by atoms with Gasteiger partial charge < -0.3 is 24.5 Å². The maximum Gasteiger partial charge on any atom is 0.196 e. The molecular formula is C16H18O6. The van der Waals surface area contributed by atoms with Gasteiger partial charge in [-0.25, -0.2) is 0 Å². The van der Waals surface area contributed by atoms with E-state index in [0.29, 0.717) is 31.4 Å². The Labute approximate surface area is 126 Å². The Hall–Kier alpha value is -2.05. The number of methoxy groups -OCH3 is 1. The van der Waals surface area contributed by atoms with E-state index < -0.39 is 17.1 Å². The van der Waals surface area contributed by atoms with Gasteiger partial charge in [0, 0.05) is 18.2 Å². The molecule has 0 amide bonds. The summed E-state index contributed by atoms with van der Waals surface area (Å²) in [6, 6.07) is 4.05. The van der Waals surface area contributed by atoms with Crippen LogP contribution in [0, 0.1) is 0 Å². The zero-order chi connectivity index (χ0) is 15.9. The van der Waals surface area contributed by atoms with E-state index in [-0.39, 0.29) is 22.5 Å². The van der Waals surface area contributed by atoms with Crippen molar-refractivity contribution < 1.29 is 24.5 Å². The van der Waals surface area contributed by atoms with Crippen LogP contribution < -0.4 is 10.2 Å². The number of hydrogen-bond acceptors (Lipinski definition) is 6. The second kappa shape index (κ2) is 5.30. The van der Waals surface area contributed by atoms with Crippen molar-refractivity contribution in [3.63, 3.8) is 0 Å². The number of hydrogen-bond donors (Lipinski definition) is 3. The molecule has 0 spiro atoms. The molecule has 22 heavy (non-hydrogen) atoms. The summed E-state index contributed by atoms with van der Waals surface area (Å²) in [5, 5.41) is 30.3. The van der Waals surface area contributed by atoms with E-state index in [2.05, 4.69) is 0 Å². The van der Waals surface area contributed by atoms with Crippen LogP contribution in [0.25, 0.3) is 11.0 Å². The first-order valence-corrected chi connectivity index (χ1v) is 7.19. The number of fused-ring (bicyclic) bond motifs is 1. The monoisotopic (exact) mass is 306 g/mol. The molecule has 1 aromatic carbocycles. The molecule has 0 unspecified atom stereocenters. The summed E-state index contributed by atoms with van der Waals surface area (Å²) in [5.74, 6) is 0.293. The number of ether oxygens (including phenoxy) is 1. The van der Waals surface area contributed by atoms with Gasteiger partial charge in [-0.3, -0.25) is 4.79 Å². The Morgan fingerprint density at radius 2 is 1.95 bits per heavy atom. The standard InChI is InChI=1S/C16H18O6/c1-21-10-6-11(18)15-12(19)8-14(22-13(15)7-10)16(20)4-2-9(17)3-5-16/h6-9,17-18,20H,2-5H2,1H3. The fraction of sp³-hybridized carbons (Fsp3) is 0.438. The van der Waals surface area contributed by atoms with E-state index in [9.17, 15) is 20.1 Å². The highest BCUT2D eigenvalue weighted by atomic mass is 16.5. The summed E-state index contributed by atoms with van der Waals surface area (Å²) in [4.78, 5) is 12.2. The van der Waals surface area contributed by atoms with Crippen molar-refractivity contribution in [1.29, 1.82) is 0 Å². The molecule has 0 atom stereocenters. The number of phenolic OH excluding ortho intramolecular Hbond substituents is 1. The molecule has 1 aromatic heterocycles. The third kappa shape index (κ3) is 2.44. The third-order valence-electron chi connectivity index (χ3n) is 4.26. The predicted molar refractivity (Wildman–Crippen MR) is 79.1 cm³/mol. The minimum absolute atomic E-state index is 0.0593. The van der Waals surface area contributed by atoms with Gasteiger partial charge in [-0.15, -0.1) is 0 Å².